The predicted molar refractivity (Wildman–Crippen MR) is 84.7 cm³/mol. The van der Waals surface area contributed by atoms with E-state index in [1.165, 1.54) is 0 Å². The number of rotatable bonds is 5. The number of hydrogen-bond donors (Lipinski definition) is 3. The van der Waals surface area contributed by atoms with Gasteiger partial charge >= 0.3 is 0 Å². The summed E-state index contributed by atoms with van der Waals surface area (Å²) in [6, 6.07) is 8.00. The molecular weight excluding hydrogens is 266 g/mol. The van der Waals surface area contributed by atoms with Gasteiger partial charge < -0.3 is 20.4 Å². The van der Waals surface area contributed by atoms with Crippen LogP contribution in [0.25, 0.3) is 0 Å². The van der Waals surface area contributed by atoms with E-state index in [-0.39, 0.29) is 12.4 Å². The highest BCUT2D eigenvalue weighted by Gasteiger charge is 2.11. The van der Waals surface area contributed by atoms with E-state index >= 15 is 0 Å². The van der Waals surface area contributed by atoms with Crippen LogP contribution in [-0.2, 0) is 13.2 Å². The van der Waals surface area contributed by atoms with Crippen LogP contribution < -0.4 is 10.2 Å². The fourth-order valence-corrected chi connectivity index (χ4v) is 2.10. The van der Waals surface area contributed by atoms with Crippen molar-refractivity contribution in [2.24, 2.45) is 0 Å². The predicted octanol–water partition coefficient (Wildman–Crippen LogP) is 2.27. The molecule has 112 valence electrons. The van der Waals surface area contributed by atoms with Crippen LogP contribution in [0, 0.1) is 6.92 Å². The van der Waals surface area contributed by atoms with E-state index in [9.17, 15) is 10.2 Å². The SMILES string of the molecule is Cc1ncc(CO)c(CNc2cccc(N(C)C)c2)c1O. The summed E-state index contributed by atoms with van der Waals surface area (Å²) in [5, 5.41) is 22.7. The van der Waals surface area contributed by atoms with Crippen LogP contribution in [0.3, 0.4) is 0 Å². The van der Waals surface area contributed by atoms with Gasteiger partial charge in [-0.05, 0) is 25.1 Å². The van der Waals surface area contributed by atoms with E-state index in [1.54, 1.807) is 13.1 Å². The summed E-state index contributed by atoms with van der Waals surface area (Å²) in [5.74, 6) is 0.137. The molecule has 21 heavy (non-hydrogen) atoms. The number of aryl methyl sites for hydroxylation is 1. The molecule has 0 unspecified atom stereocenters. The summed E-state index contributed by atoms with van der Waals surface area (Å²) in [6.45, 7) is 2.03. The van der Waals surface area contributed by atoms with Crippen molar-refractivity contribution in [1.29, 1.82) is 0 Å². The van der Waals surface area contributed by atoms with E-state index in [0.717, 1.165) is 11.4 Å². The average Bonchev–Trinajstić information content (AvgIpc) is 2.49. The minimum atomic E-state index is -0.143. The maximum Gasteiger partial charge on any atom is 0.142 e. The number of nitrogens with one attached hydrogen (secondary N) is 1. The molecule has 5 nitrogen and oxygen atoms in total. The van der Waals surface area contributed by atoms with Crippen molar-refractivity contribution < 1.29 is 10.2 Å². The Bertz CT molecular complexity index is 627. The van der Waals surface area contributed by atoms with Crippen molar-refractivity contribution in [3.63, 3.8) is 0 Å². The van der Waals surface area contributed by atoms with Crippen LogP contribution in [-0.4, -0.2) is 29.3 Å². The quantitative estimate of drug-likeness (QED) is 0.787. The first-order valence-corrected chi connectivity index (χ1v) is 6.81. The summed E-state index contributed by atoms with van der Waals surface area (Å²) in [5.41, 5.74) is 3.93. The highest BCUT2D eigenvalue weighted by Crippen LogP contribution is 2.25. The molecule has 0 aliphatic heterocycles. The normalized spacial score (nSPS) is 10.5. The van der Waals surface area contributed by atoms with E-state index in [4.69, 9.17) is 0 Å². The molecular formula is C16H21N3O2. The smallest absolute Gasteiger partial charge is 0.142 e. The van der Waals surface area contributed by atoms with Crippen molar-refractivity contribution in [2.75, 3.05) is 24.3 Å². The van der Waals surface area contributed by atoms with Crippen LogP contribution in [0.5, 0.6) is 5.75 Å². The fourth-order valence-electron chi connectivity index (χ4n) is 2.10. The first kappa shape index (κ1) is 15.1. The van der Waals surface area contributed by atoms with Gasteiger partial charge in [-0.25, -0.2) is 0 Å². The van der Waals surface area contributed by atoms with Crippen molar-refractivity contribution in [1.82, 2.24) is 4.98 Å². The largest absolute Gasteiger partial charge is 0.506 e. The lowest BCUT2D eigenvalue weighted by molar-refractivity contribution is 0.279. The second-order valence-corrected chi connectivity index (χ2v) is 5.15. The lowest BCUT2D eigenvalue weighted by Crippen LogP contribution is -2.09. The minimum Gasteiger partial charge on any atom is -0.506 e. The van der Waals surface area contributed by atoms with Gasteiger partial charge in [-0.3, -0.25) is 4.98 Å². The van der Waals surface area contributed by atoms with Gasteiger partial charge in [-0.15, -0.1) is 0 Å². The molecule has 0 bridgehead atoms. The molecule has 0 spiro atoms. The van der Waals surface area contributed by atoms with Crippen LogP contribution >= 0.6 is 0 Å². The molecule has 1 heterocycles. The summed E-state index contributed by atoms with van der Waals surface area (Å²) >= 11 is 0. The Labute approximate surface area is 124 Å². The van der Waals surface area contributed by atoms with Gasteiger partial charge in [-0.2, -0.15) is 0 Å². The van der Waals surface area contributed by atoms with Gasteiger partial charge in [0.15, 0.2) is 0 Å². The maximum absolute atomic E-state index is 10.1. The van der Waals surface area contributed by atoms with Gasteiger partial charge in [0.2, 0.25) is 0 Å². The zero-order chi connectivity index (χ0) is 15.4. The molecule has 0 aliphatic carbocycles. The molecule has 1 aromatic heterocycles. The molecule has 0 saturated heterocycles. The molecule has 1 aromatic carbocycles. The lowest BCUT2D eigenvalue weighted by Gasteiger charge is -2.16. The Balaban J connectivity index is 2.20. The fraction of sp³-hybridized carbons (Fsp3) is 0.312. The van der Waals surface area contributed by atoms with E-state index < -0.39 is 0 Å². The second kappa shape index (κ2) is 6.45. The van der Waals surface area contributed by atoms with Gasteiger partial charge in [0.25, 0.3) is 0 Å². The number of aromatic hydroxyl groups is 1. The molecule has 2 rings (SSSR count). The van der Waals surface area contributed by atoms with Gasteiger partial charge in [-0.1, -0.05) is 6.07 Å². The van der Waals surface area contributed by atoms with Crippen molar-refractivity contribution >= 4 is 11.4 Å². The number of hydrogen-bond acceptors (Lipinski definition) is 5. The molecule has 0 fully saturated rings. The Morgan fingerprint density at radius 3 is 2.71 bits per heavy atom. The van der Waals surface area contributed by atoms with Crippen molar-refractivity contribution in [3.8, 4) is 5.75 Å². The first-order valence-electron chi connectivity index (χ1n) is 6.81. The summed E-state index contributed by atoms with van der Waals surface area (Å²) < 4.78 is 0. The Hall–Kier alpha value is -2.27. The van der Waals surface area contributed by atoms with Gasteiger partial charge in [0.1, 0.15) is 5.75 Å². The number of aliphatic hydroxyl groups is 1. The second-order valence-electron chi connectivity index (χ2n) is 5.15. The average molecular weight is 287 g/mol. The van der Waals surface area contributed by atoms with E-state index in [2.05, 4.69) is 10.3 Å². The molecule has 0 amide bonds. The number of anilines is 2. The number of aromatic nitrogens is 1. The van der Waals surface area contributed by atoms with Crippen LogP contribution in [0.4, 0.5) is 11.4 Å². The Kier molecular flexibility index (Phi) is 4.65. The molecule has 0 aliphatic rings. The van der Waals surface area contributed by atoms with Gasteiger partial charge in [0, 0.05) is 49.3 Å². The highest BCUT2D eigenvalue weighted by molar-refractivity contribution is 5.58. The third kappa shape index (κ3) is 3.44. The molecule has 3 N–H and O–H groups in total. The molecule has 5 heteroatoms. The monoisotopic (exact) mass is 287 g/mol. The third-order valence-corrected chi connectivity index (χ3v) is 3.43. The van der Waals surface area contributed by atoms with Crippen LogP contribution in [0.1, 0.15) is 16.8 Å². The lowest BCUT2D eigenvalue weighted by atomic mass is 10.1. The topological polar surface area (TPSA) is 68.6 Å². The molecule has 2 aromatic rings. The van der Waals surface area contributed by atoms with E-state index in [0.29, 0.717) is 23.4 Å². The molecule has 0 radical (unpaired) electrons. The molecule has 0 atom stereocenters. The number of nitrogens with zero attached hydrogens (tertiary/aromatic N) is 2. The van der Waals surface area contributed by atoms with E-state index in [1.807, 2.05) is 43.3 Å². The number of pyridine rings is 1. The Morgan fingerprint density at radius 1 is 1.29 bits per heavy atom. The third-order valence-electron chi connectivity index (χ3n) is 3.43. The zero-order valence-corrected chi connectivity index (χ0v) is 12.6. The summed E-state index contributed by atoms with van der Waals surface area (Å²) in [7, 11) is 3.97. The molecule has 0 saturated carbocycles. The first-order chi connectivity index (χ1) is 10.0. The zero-order valence-electron chi connectivity index (χ0n) is 12.6. The summed E-state index contributed by atoms with van der Waals surface area (Å²) in [6.07, 6.45) is 1.60. The van der Waals surface area contributed by atoms with Crippen LogP contribution in [0.15, 0.2) is 30.5 Å². The number of benzene rings is 1. The van der Waals surface area contributed by atoms with Crippen molar-refractivity contribution in [3.05, 3.63) is 47.3 Å². The van der Waals surface area contributed by atoms with Crippen LogP contribution in [0.2, 0.25) is 0 Å². The number of aliphatic hydroxyl groups excluding tert-OH is 1. The maximum atomic E-state index is 10.1. The highest BCUT2D eigenvalue weighted by atomic mass is 16.3. The van der Waals surface area contributed by atoms with Gasteiger partial charge in [0.05, 0.1) is 12.3 Å². The minimum absolute atomic E-state index is 0.137. The summed E-state index contributed by atoms with van der Waals surface area (Å²) in [4.78, 5) is 6.08. The standard InChI is InChI=1S/C16H21N3O2/c1-11-16(21)15(12(10-20)8-17-11)9-18-13-5-4-6-14(7-13)19(2)3/h4-8,18,20-21H,9-10H2,1-3H3. The Morgan fingerprint density at radius 2 is 2.05 bits per heavy atom. The van der Waals surface area contributed by atoms with Crippen molar-refractivity contribution in [2.45, 2.75) is 20.1 Å².